The predicted octanol–water partition coefficient (Wildman–Crippen LogP) is 2.31. The summed E-state index contributed by atoms with van der Waals surface area (Å²) in [6.07, 6.45) is 2.06. The molecule has 8 nitrogen and oxygen atoms in total. The number of hydrogen-bond donors (Lipinski definition) is 1. The van der Waals surface area contributed by atoms with E-state index in [0.29, 0.717) is 42.6 Å². The Morgan fingerprint density at radius 1 is 1.22 bits per heavy atom. The zero-order valence-electron chi connectivity index (χ0n) is 15.2. The van der Waals surface area contributed by atoms with Crippen LogP contribution in [0.5, 0.6) is 0 Å². The van der Waals surface area contributed by atoms with Gasteiger partial charge in [0.2, 0.25) is 0 Å². The van der Waals surface area contributed by atoms with Crippen molar-refractivity contribution in [3.8, 4) is 0 Å². The van der Waals surface area contributed by atoms with Crippen LogP contribution in [0, 0.1) is 6.92 Å². The second kappa shape index (κ2) is 7.87. The molecule has 10 heteroatoms. The molecule has 1 N–H and O–H groups in total. The van der Waals surface area contributed by atoms with Crippen LogP contribution in [0.4, 0.5) is 10.5 Å². The van der Waals surface area contributed by atoms with Gasteiger partial charge in [-0.1, -0.05) is 17.7 Å². The van der Waals surface area contributed by atoms with E-state index in [-0.39, 0.29) is 17.6 Å². The molecule has 0 atom stereocenters. The fourth-order valence-electron chi connectivity index (χ4n) is 2.89. The molecule has 1 saturated heterocycles. The third-order valence-corrected chi connectivity index (χ3v) is 6.51. The number of carbonyl (C=O) groups is 1. The van der Waals surface area contributed by atoms with Crippen molar-refractivity contribution in [2.45, 2.75) is 18.4 Å². The van der Waals surface area contributed by atoms with Crippen molar-refractivity contribution < 1.29 is 13.2 Å². The average Bonchev–Trinajstić information content (AvgIpc) is 2.83. The van der Waals surface area contributed by atoms with Gasteiger partial charge in [-0.05, 0) is 31.5 Å². The van der Waals surface area contributed by atoms with Gasteiger partial charge in [-0.2, -0.15) is 4.31 Å². The Hall–Kier alpha value is -2.10. The van der Waals surface area contributed by atoms with E-state index in [1.54, 1.807) is 47.7 Å². The Kier molecular flexibility index (Phi) is 5.73. The monoisotopic (exact) mass is 411 g/mol. The van der Waals surface area contributed by atoms with Crippen LogP contribution in [0.2, 0.25) is 5.02 Å². The third kappa shape index (κ3) is 4.42. The lowest BCUT2D eigenvalue weighted by Gasteiger charge is -2.21. The molecular formula is C17H22ClN5O3S. The van der Waals surface area contributed by atoms with Crippen LogP contribution in [0.15, 0.2) is 35.5 Å². The van der Waals surface area contributed by atoms with Crippen molar-refractivity contribution in [1.82, 2.24) is 18.8 Å². The fraction of sp³-hybridized carbons (Fsp3) is 0.412. The first-order chi connectivity index (χ1) is 12.8. The fourth-order valence-corrected chi connectivity index (χ4v) is 4.57. The van der Waals surface area contributed by atoms with Gasteiger partial charge in [0, 0.05) is 50.1 Å². The van der Waals surface area contributed by atoms with Gasteiger partial charge in [-0.3, -0.25) is 0 Å². The lowest BCUT2D eigenvalue weighted by atomic mass is 10.3. The molecule has 146 valence electrons. The Morgan fingerprint density at radius 3 is 2.67 bits per heavy atom. The van der Waals surface area contributed by atoms with E-state index >= 15 is 0 Å². The van der Waals surface area contributed by atoms with Crippen molar-refractivity contribution in [2.24, 2.45) is 7.05 Å². The first-order valence-electron chi connectivity index (χ1n) is 8.59. The summed E-state index contributed by atoms with van der Waals surface area (Å²) in [6.45, 7) is 3.10. The average molecular weight is 412 g/mol. The number of amides is 2. The molecule has 1 aromatic heterocycles. The summed E-state index contributed by atoms with van der Waals surface area (Å²) in [5, 5.41) is 3.37. The summed E-state index contributed by atoms with van der Waals surface area (Å²) >= 11 is 5.93. The number of aromatic nitrogens is 2. The maximum atomic E-state index is 12.8. The first kappa shape index (κ1) is 19.7. The quantitative estimate of drug-likeness (QED) is 0.839. The Morgan fingerprint density at radius 2 is 2.00 bits per heavy atom. The Labute approximate surface area is 163 Å². The predicted molar refractivity (Wildman–Crippen MR) is 103 cm³/mol. The topological polar surface area (TPSA) is 87.5 Å². The van der Waals surface area contributed by atoms with Crippen LogP contribution in [0.25, 0.3) is 0 Å². The van der Waals surface area contributed by atoms with Gasteiger partial charge in [-0.25, -0.2) is 18.2 Å². The molecule has 1 aliphatic rings. The van der Waals surface area contributed by atoms with E-state index in [9.17, 15) is 13.2 Å². The maximum absolute atomic E-state index is 12.8. The summed E-state index contributed by atoms with van der Waals surface area (Å²) in [5.41, 5.74) is 0.602. The summed E-state index contributed by atoms with van der Waals surface area (Å²) in [5.74, 6) is 0.630. The van der Waals surface area contributed by atoms with Gasteiger partial charge in [0.25, 0.3) is 10.0 Å². The molecule has 2 amide bonds. The van der Waals surface area contributed by atoms with Gasteiger partial charge in [-0.15, -0.1) is 0 Å². The molecule has 0 unspecified atom stereocenters. The highest BCUT2D eigenvalue weighted by Gasteiger charge is 2.30. The van der Waals surface area contributed by atoms with Gasteiger partial charge in [0.05, 0.1) is 0 Å². The van der Waals surface area contributed by atoms with E-state index in [1.807, 2.05) is 0 Å². The van der Waals surface area contributed by atoms with Crippen molar-refractivity contribution >= 4 is 33.3 Å². The minimum absolute atomic E-state index is 0.0410. The zero-order valence-corrected chi connectivity index (χ0v) is 16.8. The Balaban J connectivity index is 1.67. The molecule has 2 aromatic rings. The molecule has 1 aliphatic heterocycles. The highest BCUT2D eigenvalue weighted by molar-refractivity contribution is 7.89. The van der Waals surface area contributed by atoms with E-state index in [1.165, 1.54) is 10.5 Å². The molecule has 1 aromatic carbocycles. The standard InChI is InChI=1S/C17H22ClN5O3S/c1-13-19-16(12-21(13)2)27(25,26)23-8-4-7-22(9-10-23)17(24)20-15-6-3-5-14(18)11-15/h3,5-6,11-12H,4,7-10H2,1-2H3,(H,20,24). The maximum Gasteiger partial charge on any atom is 0.321 e. The van der Waals surface area contributed by atoms with E-state index in [0.717, 1.165) is 0 Å². The molecule has 27 heavy (non-hydrogen) atoms. The number of sulfonamides is 1. The minimum atomic E-state index is -3.68. The summed E-state index contributed by atoms with van der Waals surface area (Å²) in [7, 11) is -1.92. The number of hydrogen-bond acceptors (Lipinski definition) is 4. The smallest absolute Gasteiger partial charge is 0.321 e. The number of benzene rings is 1. The molecule has 0 aliphatic carbocycles. The number of carbonyl (C=O) groups excluding carboxylic acids is 1. The van der Waals surface area contributed by atoms with Crippen molar-refractivity contribution in [3.63, 3.8) is 0 Å². The number of anilines is 1. The molecule has 1 fully saturated rings. The number of nitrogens with one attached hydrogen (secondary N) is 1. The molecule has 0 radical (unpaired) electrons. The molecule has 0 spiro atoms. The van der Waals surface area contributed by atoms with Crippen LogP contribution in [0.1, 0.15) is 12.2 Å². The van der Waals surface area contributed by atoms with Crippen molar-refractivity contribution in [1.29, 1.82) is 0 Å². The van der Waals surface area contributed by atoms with Crippen LogP contribution >= 0.6 is 11.6 Å². The highest BCUT2D eigenvalue weighted by atomic mass is 35.5. The summed E-state index contributed by atoms with van der Waals surface area (Å²) in [4.78, 5) is 18.2. The largest absolute Gasteiger partial charge is 0.337 e. The highest BCUT2D eigenvalue weighted by Crippen LogP contribution is 2.19. The summed E-state index contributed by atoms with van der Waals surface area (Å²) < 4.78 is 28.7. The molecule has 0 bridgehead atoms. The number of aryl methyl sites for hydroxylation is 2. The molecule has 0 saturated carbocycles. The van der Waals surface area contributed by atoms with Crippen LogP contribution < -0.4 is 5.32 Å². The van der Waals surface area contributed by atoms with E-state index in [4.69, 9.17) is 11.6 Å². The van der Waals surface area contributed by atoms with Crippen LogP contribution in [-0.2, 0) is 17.1 Å². The second-order valence-electron chi connectivity index (χ2n) is 6.42. The van der Waals surface area contributed by atoms with Crippen LogP contribution in [0.3, 0.4) is 0 Å². The first-order valence-corrected chi connectivity index (χ1v) is 10.4. The molecule has 3 rings (SSSR count). The number of urea groups is 1. The number of rotatable bonds is 3. The lowest BCUT2D eigenvalue weighted by Crippen LogP contribution is -2.39. The molecular weight excluding hydrogens is 390 g/mol. The van der Waals surface area contributed by atoms with Gasteiger partial charge in [0.1, 0.15) is 5.82 Å². The molecule has 2 heterocycles. The van der Waals surface area contributed by atoms with E-state index in [2.05, 4.69) is 10.3 Å². The Bertz CT molecular complexity index is 924. The number of nitrogens with zero attached hydrogens (tertiary/aromatic N) is 4. The van der Waals surface area contributed by atoms with Gasteiger partial charge in [0.15, 0.2) is 5.03 Å². The van der Waals surface area contributed by atoms with Crippen molar-refractivity contribution in [2.75, 3.05) is 31.5 Å². The van der Waals surface area contributed by atoms with Crippen molar-refractivity contribution in [3.05, 3.63) is 41.3 Å². The van der Waals surface area contributed by atoms with Gasteiger partial charge < -0.3 is 14.8 Å². The third-order valence-electron chi connectivity index (χ3n) is 4.51. The summed E-state index contributed by atoms with van der Waals surface area (Å²) in [6, 6.07) is 6.62. The second-order valence-corrected chi connectivity index (χ2v) is 8.74. The van der Waals surface area contributed by atoms with Gasteiger partial charge >= 0.3 is 6.03 Å². The van der Waals surface area contributed by atoms with Crippen LogP contribution in [-0.4, -0.2) is 59.4 Å². The number of halogens is 1. The lowest BCUT2D eigenvalue weighted by molar-refractivity contribution is 0.214. The van der Waals surface area contributed by atoms with E-state index < -0.39 is 10.0 Å². The SMILES string of the molecule is Cc1nc(S(=O)(=O)N2CCCN(C(=O)Nc3cccc(Cl)c3)CC2)cn1C. The zero-order chi connectivity index (χ0) is 19.6. The number of imidazole rings is 1. The minimum Gasteiger partial charge on any atom is -0.337 e. The normalized spacial score (nSPS) is 16.2.